The Bertz CT molecular complexity index is 719. The number of imidazole rings is 1. The van der Waals surface area contributed by atoms with Crippen molar-refractivity contribution in [3.8, 4) is 11.4 Å². The lowest BCUT2D eigenvalue weighted by Gasteiger charge is -2.04. The SMILES string of the molecule is Cc1c(Br)ccc2nc(-c3ccccn3)c(N)n12. The first kappa shape index (κ1) is 11.2. The smallest absolute Gasteiger partial charge is 0.139 e. The van der Waals surface area contributed by atoms with Gasteiger partial charge >= 0.3 is 0 Å². The molecule has 5 heteroatoms. The van der Waals surface area contributed by atoms with Crippen molar-refractivity contribution in [3.63, 3.8) is 0 Å². The van der Waals surface area contributed by atoms with Crippen LogP contribution in [-0.4, -0.2) is 14.4 Å². The molecule has 0 fully saturated rings. The molecule has 0 aromatic carbocycles. The predicted molar refractivity (Wildman–Crippen MR) is 75.3 cm³/mol. The van der Waals surface area contributed by atoms with Crippen LogP contribution in [0.2, 0.25) is 0 Å². The number of nitrogen functional groups attached to an aromatic ring is 1. The maximum Gasteiger partial charge on any atom is 0.139 e. The van der Waals surface area contributed by atoms with Crippen molar-refractivity contribution in [2.45, 2.75) is 6.92 Å². The van der Waals surface area contributed by atoms with Gasteiger partial charge < -0.3 is 5.73 Å². The lowest BCUT2D eigenvalue weighted by Crippen LogP contribution is -1.98. The van der Waals surface area contributed by atoms with Crippen LogP contribution in [0.1, 0.15) is 5.69 Å². The Balaban J connectivity index is 2.34. The molecule has 0 saturated heterocycles. The van der Waals surface area contributed by atoms with E-state index in [1.807, 2.05) is 41.7 Å². The quantitative estimate of drug-likeness (QED) is 0.751. The Hall–Kier alpha value is -1.88. The third kappa shape index (κ3) is 1.59. The summed E-state index contributed by atoms with van der Waals surface area (Å²) in [5.74, 6) is 0.613. The zero-order valence-corrected chi connectivity index (χ0v) is 11.3. The number of pyridine rings is 2. The van der Waals surface area contributed by atoms with Gasteiger partial charge in [-0.25, -0.2) is 4.98 Å². The van der Waals surface area contributed by atoms with Gasteiger partial charge in [0.25, 0.3) is 0 Å². The van der Waals surface area contributed by atoms with E-state index in [0.717, 1.165) is 27.2 Å². The summed E-state index contributed by atoms with van der Waals surface area (Å²) in [6, 6.07) is 9.60. The molecule has 3 rings (SSSR count). The number of rotatable bonds is 1. The average Bonchev–Trinajstić information content (AvgIpc) is 2.73. The number of anilines is 1. The van der Waals surface area contributed by atoms with Crippen LogP contribution in [0.25, 0.3) is 17.0 Å². The minimum Gasteiger partial charge on any atom is -0.383 e. The molecule has 90 valence electrons. The summed E-state index contributed by atoms with van der Waals surface area (Å²) in [5.41, 5.74) is 9.54. The molecule has 0 amide bonds. The molecule has 3 heterocycles. The summed E-state index contributed by atoms with van der Waals surface area (Å²) in [6.07, 6.45) is 1.74. The molecule has 0 bridgehead atoms. The largest absolute Gasteiger partial charge is 0.383 e. The Kier molecular flexibility index (Phi) is 2.56. The second-order valence-electron chi connectivity index (χ2n) is 4.02. The first-order valence-electron chi connectivity index (χ1n) is 5.53. The lowest BCUT2D eigenvalue weighted by molar-refractivity contribution is 1.09. The van der Waals surface area contributed by atoms with Crippen molar-refractivity contribution in [2.75, 3.05) is 5.73 Å². The van der Waals surface area contributed by atoms with Gasteiger partial charge in [0.05, 0.1) is 5.69 Å². The van der Waals surface area contributed by atoms with Crippen LogP contribution < -0.4 is 5.73 Å². The molecule has 0 radical (unpaired) electrons. The van der Waals surface area contributed by atoms with Crippen LogP contribution in [0.15, 0.2) is 41.0 Å². The fourth-order valence-corrected chi connectivity index (χ4v) is 2.29. The first-order valence-corrected chi connectivity index (χ1v) is 6.32. The molecule has 0 saturated carbocycles. The van der Waals surface area contributed by atoms with E-state index in [4.69, 9.17) is 5.73 Å². The van der Waals surface area contributed by atoms with Gasteiger partial charge in [0.2, 0.25) is 0 Å². The van der Waals surface area contributed by atoms with Gasteiger partial charge in [0.1, 0.15) is 17.2 Å². The van der Waals surface area contributed by atoms with E-state index in [0.29, 0.717) is 5.82 Å². The third-order valence-electron chi connectivity index (χ3n) is 2.91. The summed E-state index contributed by atoms with van der Waals surface area (Å²) >= 11 is 3.50. The van der Waals surface area contributed by atoms with Gasteiger partial charge in [0.15, 0.2) is 0 Å². The molecule has 3 aromatic rings. The first-order chi connectivity index (χ1) is 8.68. The maximum absolute atomic E-state index is 6.18. The summed E-state index contributed by atoms with van der Waals surface area (Å²) < 4.78 is 2.93. The standard InChI is InChI=1S/C13H11BrN4/c1-8-9(14)5-6-11-17-12(13(15)18(8)11)10-4-2-3-7-16-10/h2-7H,15H2,1H3. The van der Waals surface area contributed by atoms with Crippen LogP contribution in [0, 0.1) is 6.92 Å². The molecule has 2 N–H and O–H groups in total. The van der Waals surface area contributed by atoms with E-state index in [9.17, 15) is 0 Å². The summed E-state index contributed by atoms with van der Waals surface area (Å²) in [6.45, 7) is 2.00. The average molecular weight is 303 g/mol. The van der Waals surface area contributed by atoms with E-state index < -0.39 is 0 Å². The summed E-state index contributed by atoms with van der Waals surface area (Å²) in [7, 11) is 0. The number of nitrogens with two attached hydrogens (primary N) is 1. The maximum atomic E-state index is 6.18. The number of hydrogen-bond acceptors (Lipinski definition) is 3. The van der Waals surface area contributed by atoms with E-state index >= 15 is 0 Å². The van der Waals surface area contributed by atoms with Crippen LogP contribution >= 0.6 is 15.9 Å². The van der Waals surface area contributed by atoms with Crippen molar-refractivity contribution in [2.24, 2.45) is 0 Å². The van der Waals surface area contributed by atoms with Gasteiger partial charge in [-0.15, -0.1) is 0 Å². The van der Waals surface area contributed by atoms with Gasteiger partial charge in [-0.05, 0) is 47.1 Å². The van der Waals surface area contributed by atoms with Gasteiger partial charge in [-0.3, -0.25) is 9.38 Å². The Morgan fingerprint density at radius 2 is 2.06 bits per heavy atom. The van der Waals surface area contributed by atoms with Crippen molar-refractivity contribution >= 4 is 27.4 Å². The van der Waals surface area contributed by atoms with Gasteiger partial charge in [-0.1, -0.05) is 6.07 Å². The van der Waals surface area contributed by atoms with Gasteiger partial charge in [0, 0.05) is 16.4 Å². The molecule has 0 aliphatic carbocycles. The molecule has 0 aliphatic rings. The molecular formula is C13H11BrN4. The second kappa shape index (κ2) is 4.10. The number of hydrogen-bond donors (Lipinski definition) is 1. The van der Waals surface area contributed by atoms with Gasteiger partial charge in [-0.2, -0.15) is 0 Å². The minimum atomic E-state index is 0.613. The molecule has 0 spiro atoms. The third-order valence-corrected chi connectivity index (χ3v) is 3.74. The highest BCUT2D eigenvalue weighted by Gasteiger charge is 2.14. The fourth-order valence-electron chi connectivity index (χ4n) is 1.98. The van der Waals surface area contributed by atoms with Crippen molar-refractivity contribution in [1.82, 2.24) is 14.4 Å². The normalized spacial score (nSPS) is 11.0. The Labute approximate surface area is 113 Å². The van der Waals surface area contributed by atoms with E-state index in [-0.39, 0.29) is 0 Å². The predicted octanol–water partition coefficient (Wildman–Crippen LogP) is 3.05. The monoisotopic (exact) mass is 302 g/mol. The molecular weight excluding hydrogens is 292 g/mol. The number of halogens is 1. The molecule has 4 nitrogen and oxygen atoms in total. The summed E-state index contributed by atoms with van der Waals surface area (Å²) in [5, 5.41) is 0. The number of fused-ring (bicyclic) bond motifs is 1. The van der Waals surface area contributed by atoms with Crippen molar-refractivity contribution in [3.05, 3.63) is 46.7 Å². The lowest BCUT2D eigenvalue weighted by atomic mass is 10.3. The highest BCUT2D eigenvalue weighted by atomic mass is 79.9. The van der Waals surface area contributed by atoms with Crippen molar-refractivity contribution < 1.29 is 0 Å². The highest BCUT2D eigenvalue weighted by molar-refractivity contribution is 9.10. The Morgan fingerprint density at radius 1 is 1.22 bits per heavy atom. The van der Waals surface area contributed by atoms with Crippen LogP contribution in [0.3, 0.4) is 0 Å². The van der Waals surface area contributed by atoms with Crippen LogP contribution in [0.5, 0.6) is 0 Å². The molecule has 0 unspecified atom stereocenters. The van der Waals surface area contributed by atoms with E-state index in [1.54, 1.807) is 6.20 Å². The van der Waals surface area contributed by atoms with Crippen molar-refractivity contribution in [1.29, 1.82) is 0 Å². The zero-order valence-electron chi connectivity index (χ0n) is 9.76. The molecule has 0 aliphatic heterocycles. The topological polar surface area (TPSA) is 56.2 Å². The second-order valence-corrected chi connectivity index (χ2v) is 4.88. The van der Waals surface area contributed by atoms with E-state index in [1.165, 1.54) is 0 Å². The Morgan fingerprint density at radius 3 is 2.78 bits per heavy atom. The van der Waals surface area contributed by atoms with Crippen LogP contribution in [-0.2, 0) is 0 Å². The highest BCUT2D eigenvalue weighted by Crippen LogP contribution is 2.28. The zero-order chi connectivity index (χ0) is 12.7. The summed E-state index contributed by atoms with van der Waals surface area (Å²) in [4.78, 5) is 8.83. The van der Waals surface area contributed by atoms with E-state index in [2.05, 4.69) is 25.9 Å². The number of aryl methyl sites for hydroxylation is 1. The van der Waals surface area contributed by atoms with Crippen LogP contribution in [0.4, 0.5) is 5.82 Å². The minimum absolute atomic E-state index is 0.613. The fraction of sp³-hybridized carbons (Fsp3) is 0.0769. The molecule has 18 heavy (non-hydrogen) atoms. The molecule has 0 atom stereocenters. The molecule has 3 aromatic heterocycles. The number of nitrogens with zero attached hydrogens (tertiary/aromatic N) is 3. The number of aromatic nitrogens is 3.